The van der Waals surface area contributed by atoms with Gasteiger partial charge in [0.05, 0.1) is 12.8 Å². The van der Waals surface area contributed by atoms with E-state index >= 15 is 0 Å². The second-order valence-electron chi connectivity index (χ2n) is 6.45. The molecule has 0 saturated heterocycles. The molecule has 1 saturated carbocycles. The molecule has 2 unspecified atom stereocenters. The average molecular weight is 278 g/mol. The molecule has 1 heterocycles. The van der Waals surface area contributed by atoms with Crippen molar-refractivity contribution >= 4 is 0 Å². The maximum Gasteiger partial charge on any atom is 0.117 e. The van der Waals surface area contributed by atoms with E-state index < -0.39 is 0 Å². The van der Waals surface area contributed by atoms with Crippen molar-refractivity contribution in [2.24, 2.45) is 11.7 Å². The van der Waals surface area contributed by atoms with Gasteiger partial charge in [0.25, 0.3) is 0 Å². The molecule has 0 bridgehead atoms. The Bertz CT molecular complexity index is 376. The number of nitrogens with two attached hydrogens (primary N) is 1. The first kappa shape index (κ1) is 15.6. The summed E-state index contributed by atoms with van der Waals surface area (Å²) in [7, 11) is 2.20. The number of hydrogen-bond donors (Lipinski definition) is 1. The third-order valence-corrected chi connectivity index (χ3v) is 5.13. The molecule has 1 aromatic rings. The smallest absolute Gasteiger partial charge is 0.117 e. The van der Waals surface area contributed by atoms with Gasteiger partial charge in [-0.1, -0.05) is 32.6 Å². The highest BCUT2D eigenvalue weighted by Gasteiger charge is 2.35. The molecule has 2 rings (SSSR count). The number of hydrogen-bond acceptors (Lipinski definition) is 3. The summed E-state index contributed by atoms with van der Waals surface area (Å²) < 4.78 is 5.49. The molecular weight excluding hydrogens is 248 g/mol. The Morgan fingerprint density at radius 2 is 2.25 bits per heavy atom. The van der Waals surface area contributed by atoms with E-state index in [1.165, 1.54) is 44.9 Å². The van der Waals surface area contributed by atoms with Crippen LogP contribution in [-0.4, -0.2) is 24.0 Å². The van der Waals surface area contributed by atoms with Gasteiger partial charge >= 0.3 is 0 Å². The van der Waals surface area contributed by atoms with Gasteiger partial charge in [0.2, 0.25) is 0 Å². The highest BCUT2D eigenvalue weighted by Crippen LogP contribution is 2.36. The fraction of sp³-hybridized carbons (Fsp3) is 0.765. The van der Waals surface area contributed by atoms with Crippen molar-refractivity contribution in [3.05, 3.63) is 24.2 Å². The van der Waals surface area contributed by atoms with E-state index in [2.05, 4.69) is 24.9 Å². The van der Waals surface area contributed by atoms with Crippen LogP contribution in [0.3, 0.4) is 0 Å². The fourth-order valence-corrected chi connectivity index (χ4v) is 3.70. The van der Waals surface area contributed by atoms with Crippen molar-refractivity contribution in [3.63, 3.8) is 0 Å². The van der Waals surface area contributed by atoms with E-state index in [0.717, 1.165) is 24.8 Å². The maximum absolute atomic E-state index is 6.18. The minimum absolute atomic E-state index is 0.162. The van der Waals surface area contributed by atoms with Crippen LogP contribution >= 0.6 is 0 Å². The lowest BCUT2D eigenvalue weighted by Gasteiger charge is -2.40. The Morgan fingerprint density at radius 3 is 2.90 bits per heavy atom. The van der Waals surface area contributed by atoms with E-state index in [-0.39, 0.29) is 5.54 Å². The summed E-state index contributed by atoms with van der Waals surface area (Å²) in [6.45, 7) is 3.91. The largest absolute Gasteiger partial charge is 0.468 e. The molecule has 20 heavy (non-hydrogen) atoms. The molecule has 1 aliphatic rings. The summed E-state index contributed by atoms with van der Waals surface area (Å²) in [4.78, 5) is 2.43. The summed E-state index contributed by atoms with van der Waals surface area (Å²) in [5.74, 6) is 1.94. The first-order chi connectivity index (χ1) is 9.70. The van der Waals surface area contributed by atoms with Crippen LogP contribution in [0.25, 0.3) is 0 Å². The van der Waals surface area contributed by atoms with Gasteiger partial charge in [-0.25, -0.2) is 0 Å². The van der Waals surface area contributed by atoms with Crippen molar-refractivity contribution < 1.29 is 4.42 Å². The topological polar surface area (TPSA) is 42.4 Å². The Balaban J connectivity index is 2.00. The van der Waals surface area contributed by atoms with Crippen molar-refractivity contribution in [1.82, 2.24) is 4.90 Å². The van der Waals surface area contributed by atoms with Gasteiger partial charge in [0, 0.05) is 12.1 Å². The lowest BCUT2D eigenvalue weighted by atomic mass is 9.87. The van der Waals surface area contributed by atoms with Crippen molar-refractivity contribution in [3.8, 4) is 0 Å². The Morgan fingerprint density at radius 1 is 1.40 bits per heavy atom. The SMILES string of the molecule is CCCC1CCCC(CN)(N(C)Cc2ccco2)CC1. The molecular formula is C17H30N2O. The predicted octanol–water partition coefficient (Wildman–Crippen LogP) is 3.79. The van der Waals surface area contributed by atoms with Crippen molar-refractivity contribution in [2.75, 3.05) is 13.6 Å². The molecule has 114 valence electrons. The molecule has 0 aromatic carbocycles. The molecule has 3 nitrogen and oxygen atoms in total. The van der Waals surface area contributed by atoms with Crippen molar-refractivity contribution in [1.29, 1.82) is 0 Å². The van der Waals surface area contributed by atoms with Gasteiger partial charge in [0.15, 0.2) is 0 Å². The van der Waals surface area contributed by atoms with Crippen LogP contribution in [0.15, 0.2) is 22.8 Å². The second-order valence-corrected chi connectivity index (χ2v) is 6.45. The van der Waals surface area contributed by atoms with Gasteiger partial charge in [-0.3, -0.25) is 4.90 Å². The number of furan rings is 1. The molecule has 0 spiro atoms. The lowest BCUT2D eigenvalue weighted by Crippen LogP contribution is -2.51. The minimum atomic E-state index is 0.162. The summed E-state index contributed by atoms with van der Waals surface area (Å²) in [6, 6.07) is 4.01. The van der Waals surface area contributed by atoms with E-state index in [1.54, 1.807) is 6.26 Å². The summed E-state index contributed by atoms with van der Waals surface area (Å²) >= 11 is 0. The number of likely N-dealkylation sites (N-methyl/N-ethyl adjacent to an activating group) is 1. The third kappa shape index (κ3) is 3.64. The molecule has 3 heteroatoms. The lowest BCUT2D eigenvalue weighted by molar-refractivity contribution is 0.0909. The Hall–Kier alpha value is -0.800. The summed E-state index contributed by atoms with van der Waals surface area (Å²) in [5, 5.41) is 0. The van der Waals surface area contributed by atoms with Gasteiger partial charge in [-0.15, -0.1) is 0 Å². The quantitative estimate of drug-likeness (QED) is 0.805. The molecule has 0 radical (unpaired) electrons. The van der Waals surface area contributed by atoms with E-state index in [4.69, 9.17) is 10.2 Å². The van der Waals surface area contributed by atoms with Crippen LogP contribution in [0, 0.1) is 5.92 Å². The monoisotopic (exact) mass is 278 g/mol. The third-order valence-electron chi connectivity index (χ3n) is 5.13. The molecule has 2 atom stereocenters. The number of nitrogens with zero attached hydrogens (tertiary/aromatic N) is 1. The van der Waals surface area contributed by atoms with Gasteiger partial charge < -0.3 is 10.2 Å². The molecule has 0 amide bonds. The van der Waals surface area contributed by atoms with Crippen LogP contribution in [0.1, 0.15) is 57.6 Å². The highest BCUT2D eigenvalue weighted by molar-refractivity contribution is 5.01. The van der Waals surface area contributed by atoms with Crippen LogP contribution in [0.2, 0.25) is 0 Å². The van der Waals surface area contributed by atoms with E-state index in [9.17, 15) is 0 Å². The second kappa shape index (κ2) is 7.28. The zero-order valence-electron chi connectivity index (χ0n) is 13.1. The molecule has 0 aliphatic heterocycles. The van der Waals surface area contributed by atoms with Crippen LogP contribution in [-0.2, 0) is 6.54 Å². The standard InChI is InChI=1S/C17H30N2O/c1-3-6-15-7-4-10-17(14-18,11-9-15)19(2)13-16-8-5-12-20-16/h5,8,12,15H,3-4,6-7,9-11,13-14,18H2,1-2H3. The Kier molecular flexibility index (Phi) is 5.67. The van der Waals surface area contributed by atoms with Gasteiger partial charge in [0.1, 0.15) is 5.76 Å². The van der Waals surface area contributed by atoms with Crippen molar-refractivity contribution in [2.45, 2.75) is 64.0 Å². The Labute approximate surface area is 123 Å². The number of rotatable bonds is 6. The van der Waals surface area contributed by atoms with E-state index in [1.807, 2.05) is 6.07 Å². The molecule has 1 aliphatic carbocycles. The van der Waals surface area contributed by atoms with E-state index in [0.29, 0.717) is 0 Å². The average Bonchev–Trinajstić information content (AvgIpc) is 2.86. The van der Waals surface area contributed by atoms with Gasteiger partial charge in [-0.05, 0) is 44.4 Å². The maximum atomic E-state index is 6.18. The van der Waals surface area contributed by atoms with Gasteiger partial charge in [-0.2, -0.15) is 0 Å². The normalized spacial score (nSPS) is 27.7. The first-order valence-corrected chi connectivity index (χ1v) is 8.14. The summed E-state index contributed by atoms with van der Waals surface area (Å²) in [5.41, 5.74) is 6.35. The molecule has 2 N–H and O–H groups in total. The van der Waals surface area contributed by atoms with Crippen LogP contribution in [0.4, 0.5) is 0 Å². The molecule has 1 aromatic heterocycles. The minimum Gasteiger partial charge on any atom is -0.468 e. The highest BCUT2D eigenvalue weighted by atomic mass is 16.3. The first-order valence-electron chi connectivity index (χ1n) is 8.14. The molecule has 1 fully saturated rings. The predicted molar refractivity (Wildman–Crippen MR) is 83.4 cm³/mol. The fourth-order valence-electron chi connectivity index (χ4n) is 3.70. The van der Waals surface area contributed by atoms with Crippen LogP contribution in [0.5, 0.6) is 0 Å². The summed E-state index contributed by atoms with van der Waals surface area (Å²) in [6.07, 6.45) is 10.9. The zero-order chi connectivity index (χ0) is 14.4. The van der Waals surface area contributed by atoms with Crippen LogP contribution < -0.4 is 5.73 Å². The zero-order valence-corrected chi connectivity index (χ0v) is 13.1.